The van der Waals surface area contributed by atoms with Gasteiger partial charge in [0.15, 0.2) is 0 Å². The molecule has 2 fully saturated rings. The summed E-state index contributed by atoms with van der Waals surface area (Å²) >= 11 is 0. The van der Waals surface area contributed by atoms with Crippen LogP contribution in [-0.2, 0) is 9.59 Å². The van der Waals surface area contributed by atoms with Crippen LogP contribution in [-0.4, -0.2) is 35.1 Å². The largest absolute Gasteiger partial charge is 0.392 e. The van der Waals surface area contributed by atoms with E-state index in [1.165, 1.54) is 0 Å². The van der Waals surface area contributed by atoms with Crippen LogP contribution in [0.3, 0.4) is 0 Å². The summed E-state index contributed by atoms with van der Waals surface area (Å²) in [7, 11) is 0. The first kappa shape index (κ1) is 12.5. The Morgan fingerprint density at radius 3 is 2.65 bits per heavy atom. The van der Waals surface area contributed by atoms with Crippen molar-refractivity contribution in [3.8, 4) is 0 Å². The number of carbonyl (C=O) groups is 2. The lowest BCUT2D eigenvalue weighted by molar-refractivity contribution is -0.135. The molecule has 0 aromatic carbocycles. The third kappa shape index (κ3) is 3.26. The van der Waals surface area contributed by atoms with E-state index in [2.05, 4.69) is 10.6 Å². The fourth-order valence-electron chi connectivity index (χ4n) is 2.59. The zero-order valence-electron chi connectivity index (χ0n) is 9.95. The Balaban J connectivity index is 1.90. The van der Waals surface area contributed by atoms with Crippen LogP contribution in [0.1, 0.15) is 44.9 Å². The number of piperidine rings is 1. The van der Waals surface area contributed by atoms with Gasteiger partial charge in [-0.3, -0.25) is 14.9 Å². The predicted octanol–water partition coefficient (Wildman–Crippen LogP) is 0.0748. The van der Waals surface area contributed by atoms with E-state index in [0.29, 0.717) is 12.8 Å². The van der Waals surface area contributed by atoms with Crippen LogP contribution in [0, 0.1) is 0 Å². The average Bonchev–Trinajstić information content (AvgIpc) is 2.48. The molecule has 1 aliphatic carbocycles. The molecule has 3 N–H and O–H groups in total. The molecular weight excluding hydrogens is 220 g/mol. The topological polar surface area (TPSA) is 78.4 Å². The second-order valence-corrected chi connectivity index (χ2v) is 4.98. The SMILES string of the molecule is O=C1CCC(NC2CCCCCC2O)C(=O)N1. The highest BCUT2D eigenvalue weighted by Crippen LogP contribution is 2.19. The molecule has 1 saturated carbocycles. The number of nitrogens with one attached hydrogen (secondary N) is 2. The van der Waals surface area contributed by atoms with E-state index < -0.39 is 0 Å². The van der Waals surface area contributed by atoms with Crippen LogP contribution >= 0.6 is 0 Å². The summed E-state index contributed by atoms with van der Waals surface area (Å²) in [4.78, 5) is 22.6. The van der Waals surface area contributed by atoms with Gasteiger partial charge in [-0.1, -0.05) is 19.3 Å². The smallest absolute Gasteiger partial charge is 0.243 e. The highest BCUT2D eigenvalue weighted by molar-refractivity contribution is 6.00. The summed E-state index contributed by atoms with van der Waals surface area (Å²) in [5.74, 6) is -0.452. The normalized spacial score (nSPS) is 35.2. The van der Waals surface area contributed by atoms with Crippen molar-refractivity contribution in [3.05, 3.63) is 0 Å². The molecule has 2 aliphatic rings. The average molecular weight is 240 g/mol. The summed E-state index contributed by atoms with van der Waals surface area (Å²) in [6, 6.07) is -0.341. The fourth-order valence-corrected chi connectivity index (χ4v) is 2.59. The Labute approximate surface area is 101 Å². The van der Waals surface area contributed by atoms with Gasteiger partial charge in [-0.25, -0.2) is 0 Å². The van der Waals surface area contributed by atoms with E-state index in [1.807, 2.05) is 0 Å². The van der Waals surface area contributed by atoms with Crippen molar-refractivity contribution in [2.45, 2.75) is 63.1 Å². The van der Waals surface area contributed by atoms with Gasteiger partial charge in [0.05, 0.1) is 12.1 Å². The molecular formula is C12H20N2O3. The Hall–Kier alpha value is -0.940. The Bertz CT molecular complexity index is 306. The first-order valence-corrected chi connectivity index (χ1v) is 6.44. The minimum absolute atomic E-state index is 0.0125. The van der Waals surface area contributed by atoms with Gasteiger partial charge >= 0.3 is 0 Å². The molecule has 0 radical (unpaired) electrons. The lowest BCUT2D eigenvalue weighted by Crippen LogP contribution is -2.55. The van der Waals surface area contributed by atoms with Gasteiger partial charge in [-0.05, 0) is 19.3 Å². The van der Waals surface area contributed by atoms with E-state index in [9.17, 15) is 14.7 Å². The highest BCUT2D eigenvalue weighted by Gasteiger charge is 2.31. The van der Waals surface area contributed by atoms with E-state index in [4.69, 9.17) is 0 Å². The summed E-state index contributed by atoms with van der Waals surface area (Å²) < 4.78 is 0. The van der Waals surface area contributed by atoms with Crippen molar-refractivity contribution in [3.63, 3.8) is 0 Å². The summed E-state index contributed by atoms with van der Waals surface area (Å²) in [6.45, 7) is 0. The fraction of sp³-hybridized carbons (Fsp3) is 0.833. The van der Waals surface area contributed by atoms with Crippen molar-refractivity contribution in [2.75, 3.05) is 0 Å². The Morgan fingerprint density at radius 1 is 1.12 bits per heavy atom. The third-order valence-corrected chi connectivity index (χ3v) is 3.63. The van der Waals surface area contributed by atoms with Crippen LogP contribution in [0.5, 0.6) is 0 Å². The highest BCUT2D eigenvalue weighted by atomic mass is 16.3. The van der Waals surface area contributed by atoms with Gasteiger partial charge in [0.2, 0.25) is 11.8 Å². The molecule has 3 unspecified atom stereocenters. The monoisotopic (exact) mass is 240 g/mol. The van der Waals surface area contributed by atoms with Crippen LogP contribution in [0.4, 0.5) is 0 Å². The number of carbonyl (C=O) groups excluding carboxylic acids is 2. The Kier molecular flexibility index (Phi) is 4.12. The molecule has 0 aromatic rings. The van der Waals surface area contributed by atoms with Gasteiger partial charge in [0.1, 0.15) is 0 Å². The zero-order chi connectivity index (χ0) is 12.3. The summed E-state index contributed by atoms with van der Waals surface area (Å²) in [6.07, 6.45) is 5.52. The number of imide groups is 1. The minimum atomic E-state index is -0.372. The standard InChI is InChI=1S/C12H20N2O3/c15-10-5-3-1-2-4-8(10)13-9-6-7-11(16)14-12(9)17/h8-10,13,15H,1-7H2,(H,14,16,17). The second-order valence-electron chi connectivity index (χ2n) is 4.98. The van der Waals surface area contributed by atoms with Crippen molar-refractivity contribution in [1.29, 1.82) is 0 Å². The number of amides is 2. The van der Waals surface area contributed by atoms with Crippen molar-refractivity contribution in [2.24, 2.45) is 0 Å². The van der Waals surface area contributed by atoms with Crippen molar-refractivity contribution in [1.82, 2.24) is 10.6 Å². The maximum absolute atomic E-state index is 11.6. The predicted molar refractivity (Wildman–Crippen MR) is 62.2 cm³/mol. The number of rotatable bonds is 2. The first-order chi connectivity index (χ1) is 8.16. The number of aliphatic hydroxyl groups is 1. The summed E-state index contributed by atoms with van der Waals surface area (Å²) in [5, 5.41) is 15.5. The van der Waals surface area contributed by atoms with E-state index in [0.717, 1.165) is 32.1 Å². The molecule has 2 rings (SSSR count). The molecule has 0 bridgehead atoms. The molecule has 96 valence electrons. The minimum Gasteiger partial charge on any atom is -0.392 e. The molecule has 3 atom stereocenters. The molecule has 0 aromatic heterocycles. The van der Waals surface area contributed by atoms with E-state index in [-0.39, 0.29) is 30.0 Å². The van der Waals surface area contributed by atoms with E-state index in [1.54, 1.807) is 0 Å². The van der Waals surface area contributed by atoms with Crippen LogP contribution in [0.25, 0.3) is 0 Å². The molecule has 17 heavy (non-hydrogen) atoms. The third-order valence-electron chi connectivity index (χ3n) is 3.63. The summed E-state index contributed by atoms with van der Waals surface area (Å²) in [5.41, 5.74) is 0. The molecule has 1 saturated heterocycles. The number of hydrogen-bond donors (Lipinski definition) is 3. The van der Waals surface area contributed by atoms with Crippen LogP contribution in [0.15, 0.2) is 0 Å². The number of hydrogen-bond acceptors (Lipinski definition) is 4. The quantitative estimate of drug-likeness (QED) is 0.471. The van der Waals surface area contributed by atoms with Gasteiger partial charge < -0.3 is 10.4 Å². The van der Waals surface area contributed by atoms with Crippen molar-refractivity contribution < 1.29 is 14.7 Å². The lowest BCUT2D eigenvalue weighted by atomic mass is 10.0. The molecule has 1 aliphatic heterocycles. The van der Waals surface area contributed by atoms with Crippen LogP contribution in [0.2, 0.25) is 0 Å². The van der Waals surface area contributed by atoms with Crippen molar-refractivity contribution >= 4 is 11.8 Å². The Morgan fingerprint density at radius 2 is 1.88 bits per heavy atom. The van der Waals surface area contributed by atoms with Crippen LogP contribution < -0.4 is 10.6 Å². The molecule has 0 spiro atoms. The van der Waals surface area contributed by atoms with Gasteiger partial charge in [-0.2, -0.15) is 0 Å². The zero-order valence-corrected chi connectivity index (χ0v) is 9.95. The lowest BCUT2D eigenvalue weighted by Gasteiger charge is -2.29. The maximum Gasteiger partial charge on any atom is 0.243 e. The number of aliphatic hydroxyl groups excluding tert-OH is 1. The van der Waals surface area contributed by atoms with Gasteiger partial charge in [-0.15, -0.1) is 0 Å². The van der Waals surface area contributed by atoms with E-state index >= 15 is 0 Å². The second kappa shape index (κ2) is 5.60. The molecule has 5 heteroatoms. The first-order valence-electron chi connectivity index (χ1n) is 6.44. The molecule has 2 amide bonds. The molecule has 1 heterocycles. The maximum atomic E-state index is 11.6. The molecule has 5 nitrogen and oxygen atoms in total. The van der Waals surface area contributed by atoms with Gasteiger partial charge in [0.25, 0.3) is 0 Å². The van der Waals surface area contributed by atoms with Gasteiger partial charge in [0, 0.05) is 12.5 Å².